The fourth-order valence-electron chi connectivity index (χ4n) is 2.41. The average molecular weight is 298 g/mol. The molecular formula is C14H13Cl2NS. The van der Waals surface area contributed by atoms with Crippen molar-refractivity contribution >= 4 is 45.9 Å². The first-order chi connectivity index (χ1) is 8.56. The lowest BCUT2D eigenvalue weighted by atomic mass is 10.0. The van der Waals surface area contributed by atoms with Crippen molar-refractivity contribution < 1.29 is 0 Å². The van der Waals surface area contributed by atoms with Crippen LogP contribution in [-0.4, -0.2) is 15.1 Å². The molecule has 0 aliphatic carbocycles. The lowest BCUT2D eigenvalue weighted by Gasteiger charge is -2.08. The Bertz CT molecular complexity index is 625. The fraction of sp³-hybridized carbons (Fsp3) is 0.357. The number of hydrogen-bond donors (Lipinski definition) is 0. The molecule has 4 heteroatoms. The van der Waals surface area contributed by atoms with Crippen LogP contribution in [0.3, 0.4) is 0 Å². The molecule has 1 aliphatic heterocycles. The number of aryl methyl sites for hydroxylation is 2. The monoisotopic (exact) mass is 297 g/mol. The molecular weight excluding hydrogens is 285 g/mol. The third-order valence-corrected chi connectivity index (χ3v) is 5.70. The van der Waals surface area contributed by atoms with Crippen molar-refractivity contribution in [2.24, 2.45) is 0 Å². The first kappa shape index (κ1) is 12.6. The van der Waals surface area contributed by atoms with Gasteiger partial charge in [0.2, 0.25) is 0 Å². The number of hydrogen-bond acceptors (Lipinski definition) is 2. The van der Waals surface area contributed by atoms with Gasteiger partial charge in [-0.1, -0.05) is 11.6 Å². The van der Waals surface area contributed by atoms with Crippen LogP contribution in [0, 0.1) is 13.8 Å². The van der Waals surface area contributed by atoms with Gasteiger partial charge in [-0.3, -0.25) is 4.98 Å². The molecule has 1 aromatic carbocycles. The fourth-order valence-corrected chi connectivity index (χ4v) is 4.22. The molecule has 0 N–H and O–H groups in total. The van der Waals surface area contributed by atoms with Crippen LogP contribution >= 0.6 is 35.0 Å². The summed E-state index contributed by atoms with van der Waals surface area (Å²) in [5.41, 5.74) is 4.73. The highest BCUT2D eigenvalue weighted by atomic mass is 35.5. The molecule has 1 nitrogen and oxygen atoms in total. The van der Waals surface area contributed by atoms with E-state index >= 15 is 0 Å². The van der Waals surface area contributed by atoms with Gasteiger partial charge < -0.3 is 0 Å². The standard InChI is InChI=1S/C14H13Cl2NS/c1-7-3-4-11-10(5-7)13-9(8(2)17-11)6-12(18-13)14(15)16/h3-5,12,14H,6H2,1-2H3. The van der Waals surface area contributed by atoms with E-state index in [1.165, 1.54) is 21.4 Å². The van der Waals surface area contributed by atoms with Crippen molar-refractivity contribution in [3.63, 3.8) is 0 Å². The smallest absolute Gasteiger partial charge is 0.120 e. The van der Waals surface area contributed by atoms with Gasteiger partial charge in [0.05, 0.1) is 5.52 Å². The number of alkyl halides is 2. The molecule has 3 rings (SSSR count). The van der Waals surface area contributed by atoms with Crippen LogP contribution in [0.1, 0.15) is 16.8 Å². The molecule has 0 saturated carbocycles. The lowest BCUT2D eigenvalue weighted by molar-refractivity contribution is 0.912. The van der Waals surface area contributed by atoms with Gasteiger partial charge in [-0.25, -0.2) is 0 Å². The molecule has 1 aromatic heterocycles. The number of thioether (sulfide) groups is 1. The Morgan fingerprint density at radius 3 is 2.83 bits per heavy atom. The predicted molar refractivity (Wildman–Crippen MR) is 80.1 cm³/mol. The molecule has 0 amide bonds. The second-order valence-corrected chi connectivity index (χ2v) is 7.13. The minimum Gasteiger partial charge on any atom is -0.253 e. The number of fused-ring (bicyclic) bond motifs is 3. The highest BCUT2D eigenvalue weighted by Gasteiger charge is 2.30. The summed E-state index contributed by atoms with van der Waals surface area (Å²) in [6.07, 6.45) is 0.917. The predicted octanol–water partition coefficient (Wildman–Crippen LogP) is 4.67. The zero-order valence-electron chi connectivity index (χ0n) is 10.2. The molecule has 1 aliphatic rings. The van der Waals surface area contributed by atoms with E-state index in [2.05, 4.69) is 37.0 Å². The van der Waals surface area contributed by atoms with E-state index < -0.39 is 0 Å². The summed E-state index contributed by atoms with van der Waals surface area (Å²) in [4.78, 5) is 5.67. The highest BCUT2D eigenvalue weighted by Crippen LogP contribution is 2.45. The summed E-state index contributed by atoms with van der Waals surface area (Å²) in [6.45, 7) is 4.17. The van der Waals surface area contributed by atoms with Crippen LogP contribution in [0.5, 0.6) is 0 Å². The summed E-state index contributed by atoms with van der Waals surface area (Å²) in [5, 5.41) is 1.48. The molecule has 0 bridgehead atoms. The molecule has 0 radical (unpaired) electrons. The van der Waals surface area contributed by atoms with Crippen molar-refractivity contribution in [1.29, 1.82) is 0 Å². The first-order valence-corrected chi connectivity index (χ1v) is 7.66. The first-order valence-electron chi connectivity index (χ1n) is 5.91. The maximum Gasteiger partial charge on any atom is 0.120 e. The van der Waals surface area contributed by atoms with Crippen molar-refractivity contribution in [2.75, 3.05) is 0 Å². The second kappa shape index (κ2) is 4.59. The van der Waals surface area contributed by atoms with Crippen LogP contribution in [0.25, 0.3) is 10.9 Å². The quantitative estimate of drug-likeness (QED) is 0.709. The maximum absolute atomic E-state index is 6.03. The number of nitrogens with zero attached hydrogens (tertiary/aromatic N) is 1. The second-order valence-electron chi connectivity index (χ2n) is 4.72. The number of aromatic nitrogens is 1. The summed E-state index contributed by atoms with van der Waals surface area (Å²) in [7, 11) is 0. The van der Waals surface area contributed by atoms with Crippen LogP contribution in [0.15, 0.2) is 23.1 Å². The molecule has 1 atom stereocenters. The van der Waals surface area contributed by atoms with E-state index in [1.54, 1.807) is 11.8 Å². The van der Waals surface area contributed by atoms with E-state index in [4.69, 9.17) is 23.2 Å². The largest absolute Gasteiger partial charge is 0.253 e. The number of benzene rings is 1. The molecule has 0 fully saturated rings. The van der Waals surface area contributed by atoms with Crippen molar-refractivity contribution in [1.82, 2.24) is 4.98 Å². The Hall–Kier alpha value is -0.440. The highest BCUT2D eigenvalue weighted by molar-refractivity contribution is 8.00. The van der Waals surface area contributed by atoms with Gasteiger partial charge >= 0.3 is 0 Å². The van der Waals surface area contributed by atoms with E-state index in [0.717, 1.165) is 17.6 Å². The Kier molecular flexibility index (Phi) is 3.21. The van der Waals surface area contributed by atoms with Crippen LogP contribution in [0.2, 0.25) is 0 Å². The SMILES string of the molecule is Cc1ccc2nc(C)c3c(c2c1)SC(C(Cl)Cl)C3. The number of rotatable bonds is 1. The number of pyridine rings is 1. The molecule has 2 aromatic rings. The zero-order chi connectivity index (χ0) is 12.9. The van der Waals surface area contributed by atoms with Gasteiger partial charge in [0.25, 0.3) is 0 Å². The van der Waals surface area contributed by atoms with E-state index in [-0.39, 0.29) is 10.1 Å². The van der Waals surface area contributed by atoms with Crippen molar-refractivity contribution in [2.45, 2.75) is 35.2 Å². The molecule has 18 heavy (non-hydrogen) atoms. The molecule has 1 unspecified atom stereocenters. The molecule has 2 heterocycles. The molecule has 0 spiro atoms. The topological polar surface area (TPSA) is 12.9 Å². The van der Waals surface area contributed by atoms with Crippen LogP contribution in [-0.2, 0) is 6.42 Å². The third kappa shape index (κ3) is 2.01. The zero-order valence-corrected chi connectivity index (χ0v) is 12.5. The number of halogens is 2. The Morgan fingerprint density at radius 1 is 1.33 bits per heavy atom. The van der Waals surface area contributed by atoms with E-state index in [9.17, 15) is 0 Å². The Morgan fingerprint density at radius 2 is 2.11 bits per heavy atom. The van der Waals surface area contributed by atoms with Crippen molar-refractivity contribution in [3.05, 3.63) is 35.0 Å². The minimum atomic E-state index is -0.332. The summed E-state index contributed by atoms with van der Waals surface area (Å²) in [5.74, 6) is 0. The average Bonchev–Trinajstić information content (AvgIpc) is 2.76. The van der Waals surface area contributed by atoms with Crippen LogP contribution < -0.4 is 0 Å². The molecule has 0 saturated heterocycles. The summed E-state index contributed by atoms with van der Waals surface area (Å²) >= 11 is 13.9. The lowest BCUT2D eigenvalue weighted by Crippen LogP contribution is -2.10. The van der Waals surface area contributed by atoms with Gasteiger partial charge in [-0.2, -0.15) is 0 Å². The van der Waals surface area contributed by atoms with Gasteiger partial charge in [-0.15, -0.1) is 35.0 Å². The van der Waals surface area contributed by atoms with Gasteiger partial charge in [0.1, 0.15) is 4.84 Å². The maximum atomic E-state index is 6.03. The van der Waals surface area contributed by atoms with Gasteiger partial charge in [-0.05, 0) is 38.0 Å². The Balaban J connectivity index is 2.22. The molecule has 94 valence electrons. The van der Waals surface area contributed by atoms with Crippen LogP contribution in [0.4, 0.5) is 0 Å². The Labute approximate surface area is 121 Å². The summed E-state index contributed by atoms with van der Waals surface area (Å²) in [6, 6.07) is 6.39. The third-order valence-electron chi connectivity index (χ3n) is 3.35. The minimum absolute atomic E-state index is 0.245. The normalized spacial score (nSPS) is 18.6. The summed E-state index contributed by atoms with van der Waals surface area (Å²) < 4.78 is 0. The van der Waals surface area contributed by atoms with E-state index in [1.807, 2.05) is 0 Å². The van der Waals surface area contributed by atoms with Gasteiger partial charge in [0.15, 0.2) is 0 Å². The van der Waals surface area contributed by atoms with E-state index in [0.29, 0.717) is 0 Å². The van der Waals surface area contributed by atoms with Crippen molar-refractivity contribution in [3.8, 4) is 0 Å². The van der Waals surface area contributed by atoms with Gasteiger partial charge in [0, 0.05) is 21.2 Å².